The van der Waals surface area contributed by atoms with E-state index in [0.29, 0.717) is 12.5 Å². The van der Waals surface area contributed by atoms with Gasteiger partial charge in [-0.2, -0.15) is 0 Å². The zero-order valence-corrected chi connectivity index (χ0v) is 9.83. The zero-order chi connectivity index (χ0) is 10.8. The van der Waals surface area contributed by atoms with Crippen LogP contribution in [-0.4, -0.2) is 24.1 Å². The highest BCUT2D eigenvalue weighted by Crippen LogP contribution is 2.15. The van der Waals surface area contributed by atoms with Crippen molar-refractivity contribution in [1.82, 2.24) is 5.23 Å². The van der Waals surface area contributed by atoms with Gasteiger partial charge in [0.1, 0.15) is 0 Å². The summed E-state index contributed by atoms with van der Waals surface area (Å²) in [5.41, 5.74) is 0. The number of nitrogens with zero attached hydrogens (tertiary/aromatic N) is 1. The molecule has 0 aromatic heterocycles. The zero-order valence-electron chi connectivity index (χ0n) is 9.83. The Kier molecular flexibility index (Phi) is 9.35. The van der Waals surface area contributed by atoms with Gasteiger partial charge in [0.15, 0.2) is 0 Å². The molecule has 0 saturated heterocycles. The molecule has 0 saturated carbocycles. The molecule has 0 aromatic carbocycles. The van der Waals surface area contributed by atoms with Gasteiger partial charge in [-0.1, -0.05) is 51.2 Å². The summed E-state index contributed by atoms with van der Waals surface area (Å²) < 4.78 is 0. The number of unbranched alkanes of at least 4 members (excludes halogenated alkanes) is 3. The number of hydrogen-bond donors (Lipinski definition) is 1. The lowest BCUT2D eigenvalue weighted by Gasteiger charge is -2.19. The quantitative estimate of drug-likeness (QED) is 0.461. The average Bonchev–Trinajstić information content (AvgIpc) is 2.22. The summed E-state index contributed by atoms with van der Waals surface area (Å²) in [5, 5.41) is 10.1. The van der Waals surface area contributed by atoms with Crippen LogP contribution in [-0.2, 0) is 4.84 Å². The molecule has 1 N–H and O–H groups in total. The Hall–Kier alpha value is -0.120. The molecule has 0 amide bonds. The fraction of sp³-hybridized carbons (Fsp3) is 1.00. The van der Waals surface area contributed by atoms with Gasteiger partial charge in [0.2, 0.25) is 0 Å². The van der Waals surface area contributed by atoms with Gasteiger partial charge in [0, 0.05) is 0 Å². The predicted octanol–water partition coefficient (Wildman–Crippen LogP) is 3.24. The van der Waals surface area contributed by atoms with Gasteiger partial charge in [-0.05, 0) is 12.3 Å². The number of rotatable bonds is 9. The largest absolute Gasteiger partial charge is 0.290 e. The molecule has 0 aromatic rings. The molecule has 0 aliphatic heterocycles. The summed E-state index contributed by atoms with van der Waals surface area (Å²) in [5.74, 6) is 0.553. The van der Waals surface area contributed by atoms with E-state index in [2.05, 4.69) is 13.8 Å². The first-order chi connectivity index (χ1) is 6.74. The van der Waals surface area contributed by atoms with Gasteiger partial charge >= 0.3 is 0 Å². The molecule has 3 heteroatoms. The molecule has 0 spiro atoms. The maximum Gasteiger partial charge on any atom is 0.0601 e. The number of hydroxylamine groups is 2. The van der Waals surface area contributed by atoms with Crippen molar-refractivity contribution in [2.24, 2.45) is 5.92 Å². The van der Waals surface area contributed by atoms with Gasteiger partial charge in [0.05, 0.1) is 13.7 Å². The monoisotopic (exact) mass is 203 g/mol. The molecule has 3 nitrogen and oxygen atoms in total. The van der Waals surface area contributed by atoms with E-state index >= 15 is 0 Å². The van der Waals surface area contributed by atoms with Gasteiger partial charge in [-0.15, -0.1) is 0 Å². The highest BCUT2D eigenvalue weighted by atomic mass is 16.9. The summed E-state index contributed by atoms with van der Waals surface area (Å²) in [6, 6.07) is 0. The summed E-state index contributed by atoms with van der Waals surface area (Å²) in [6.45, 7) is 5.00. The van der Waals surface area contributed by atoms with Crippen molar-refractivity contribution in [1.29, 1.82) is 0 Å². The molecular weight excluding hydrogens is 178 g/mol. The molecule has 0 heterocycles. The molecule has 0 bridgehead atoms. The Morgan fingerprint density at radius 2 is 1.93 bits per heavy atom. The molecule has 0 radical (unpaired) electrons. The van der Waals surface area contributed by atoms with Gasteiger partial charge in [0.25, 0.3) is 0 Å². The molecule has 0 aliphatic rings. The fourth-order valence-corrected chi connectivity index (χ4v) is 1.58. The Morgan fingerprint density at radius 1 is 1.21 bits per heavy atom. The lowest BCUT2D eigenvalue weighted by Crippen LogP contribution is -2.25. The lowest BCUT2D eigenvalue weighted by molar-refractivity contribution is -0.330. The third kappa shape index (κ3) is 7.30. The Labute approximate surface area is 88.0 Å². The van der Waals surface area contributed by atoms with Crippen LogP contribution in [0, 0.1) is 5.92 Å². The normalized spacial score (nSPS) is 13.5. The van der Waals surface area contributed by atoms with Crippen LogP contribution < -0.4 is 0 Å². The van der Waals surface area contributed by atoms with Crippen LogP contribution in [0.15, 0.2) is 0 Å². The first-order valence-corrected chi connectivity index (χ1v) is 5.75. The van der Waals surface area contributed by atoms with Crippen molar-refractivity contribution >= 4 is 0 Å². The van der Waals surface area contributed by atoms with Crippen molar-refractivity contribution in [3.8, 4) is 0 Å². The van der Waals surface area contributed by atoms with Crippen molar-refractivity contribution in [3.63, 3.8) is 0 Å². The van der Waals surface area contributed by atoms with Crippen molar-refractivity contribution < 1.29 is 10.0 Å². The minimum absolute atomic E-state index is 0.553. The Balaban J connectivity index is 3.47. The second-order valence-electron chi connectivity index (χ2n) is 3.84. The van der Waals surface area contributed by atoms with Crippen molar-refractivity contribution in [3.05, 3.63) is 0 Å². The molecule has 0 fully saturated rings. The Bertz CT molecular complexity index is 120. The van der Waals surface area contributed by atoms with Crippen LogP contribution >= 0.6 is 0 Å². The minimum atomic E-state index is 0.553. The molecule has 14 heavy (non-hydrogen) atoms. The second kappa shape index (κ2) is 9.44. The Morgan fingerprint density at radius 3 is 2.43 bits per heavy atom. The molecule has 86 valence electrons. The minimum Gasteiger partial charge on any atom is -0.290 e. The van der Waals surface area contributed by atoms with E-state index in [1.54, 1.807) is 0 Å². The first kappa shape index (κ1) is 13.9. The van der Waals surface area contributed by atoms with Crippen LogP contribution in [0.3, 0.4) is 0 Å². The van der Waals surface area contributed by atoms with Crippen LogP contribution in [0.5, 0.6) is 0 Å². The summed E-state index contributed by atoms with van der Waals surface area (Å²) in [6.07, 6.45) is 7.48. The van der Waals surface area contributed by atoms with E-state index in [-0.39, 0.29) is 0 Å². The van der Waals surface area contributed by atoms with Gasteiger partial charge < -0.3 is 0 Å². The first-order valence-electron chi connectivity index (χ1n) is 5.75. The molecular formula is C11H25NO2. The fourth-order valence-electron chi connectivity index (χ4n) is 1.58. The molecule has 0 rings (SSSR count). The van der Waals surface area contributed by atoms with Crippen molar-refractivity contribution in [2.75, 3.05) is 13.7 Å². The average molecular weight is 203 g/mol. The van der Waals surface area contributed by atoms with Crippen LogP contribution in [0.2, 0.25) is 0 Å². The maximum absolute atomic E-state index is 9.17. The third-order valence-corrected chi connectivity index (χ3v) is 2.67. The predicted molar refractivity (Wildman–Crippen MR) is 58.0 cm³/mol. The van der Waals surface area contributed by atoms with E-state index in [1.807, 2.05) is 0 Å². The van der Waals surface area contributed by atoms with Gasteiger partial charge in [-0.3, -0.25) is 10.0 Å². The standard InChI is InChI=1S/C11H25NO2/c1-4-6-7-8-9-11(5-2)10-12(13)14-3/h11,13H,4-10H2,1-3H3. The highest BCUT2D eigenvalue weighted by Gasteiger charge is 2.10. The lowest BCUT2D eigenvalue weighted by atomic mass is 9.98. The highest BCUT2D eigenvalue weighted by molar-refractivity contribution is 4.57. The SMILES string of the molecule is CCCCCCC(CC)CN(O)OC. The third-order valence-electron chi connectivity index (χ3n) is 2.67. The summed E-state index contributed by atoms with van der Waals surface area (Å²) >= 11 is 0. The van der Waals surface area contributed by atoms with Crippen LogP contribution in [0.4, 0.5) is 0 Å². The van der Waals surface area contributed by atoms with E-state index in [1.165, 1.54) is 39.2 Å². The van der Waals surface area contributed by atoms with E-state index < -0.39 is 0 Å². The second-order valence-corrected chi connectivity index (χ2v) is 3.84. The van der Waals surface area contributed by atoms with Crippen LogP contribution in [0.25, 0.3) is 0 Å². The smallest absolute Gasteiger partial charge is 0.0601 e. The molecule has 0 aliphatic carbocycles. The van der Waals surface area contributed by atoms with E-state index in [9.17, 15) is 5.21 Å². The molecule has 1 atom stereocenters. The van der Waals surface area contributed by atoms with Crippen molar-refractivity contribution in [2.45, 2.75) is 52.4 Å². The topological polar surface area (TPSA) is 32.7 Å². The molecule has 1 unspecified atom stereocenters. The maximum atomic E-state index is 9.17. The van der Waals surface area contributed by atoms with E-state index in [4.69, 9.17) is 4.84 Å². The van der Waals surface area contributed by atoms with Gasteiger partial charge in [-0.25, -0.2) is 0 Å². The summed E-state index contributed by atoms with van der Waals surface area (Å²) in [7, 11) is 1.49. The number of hydrogen-bond acceptors (Lipinski definition) is 3. The summed E-state index contributed by atoms with van der Waals surface area (Å²) in [4.78, 5) is 4.70. The van der Waals surface area contributed by atoms with Crippen LogP contribution in [0.1, 0.15) is 52.4 Å². The van der Waals surface area contributed by atoms with E-state index in [0.717, 1.165) is 11.6 Å².